The molecule has 5 heteroatoms. The van der Waals surface area contributed by atoms with Crippen LogP contribution in [0.1, 0.15) is 25.5 Å². The number of primary amides is 1. The Hall–Kier alpha value is -1.75. The second-order valence-corrected chi connectivity index (χ2v) is 4.31. The normalized spacial score (nSPS) is 13.8. The summed E-state index contributed by atoms with van der Waals surface area (Å²) in [4.78, 5) is 11.0. The van der Waals surface area contributed by atoms with Crippen LogP contribution < -0.4 is 20.9 Å². The number of hydrogen-bond donors (Lipinski definition) is 2. The lowest BCUT2D eigenvalue weighted by Crippen LogP contribution is -2.26. The van der Waals surface area contributed by atoms with Crippen molar-refractivity contribution in [3.05, 3.63) is 23.8 Å². The third-order valence-electron chi connectivity index (χ3n) is 2.69. The Labute approximate surface area is 107 Å². The summed E-state index contributed by atoms with van der Waals surface area (Å²) in [7, 11) is 1.58. The van der Waals surface area contributed by atoms with Crippen LogP contribution in [-0.2, 0) is 4.79 Å². The van der Waals surface area contributed by atoms with Gasteiger partial charge in [0.05, 0.1) is 19.6 Å². The molecule has 2 atom stereocenters. The zero-order valence-corrected chi connectivity index (χ0v) is 11.0. The molecule has 5 nitrogen and oxygen atoms in total. The molecule has 0 spiro atoms. The molecule has 1 rings (SSSR count). The average Bonchev–Trinajstić information content (AvgIpc) is 2.34. The summed E-state index contributed by atoms with van der Waals surface area (Å²) in [6.07, 6.45) is 0. The zero-order valence-electron chi connectivity index (χ0n) is 11.0. The quantitative estimate of drug-likeness (QED) is 0.796. The number of rotatable bonds is 6. The van der Waals surface area contributed by atoms with Crippen LogP contribution in [-0.4, -0.2) is 19.6 Å². The minimum Gasteiger partial charge on any atom is -0.497 e. The third kappa shape index (κ3) is 3.63. The van der Waals surface area contributed by atoms with Crippen LogP contribution in [0.4, 0.5) is 0 Å². The summed E-state index contributed by atoms with van der Waals surface area (Å²) in [5.74, 6) is 0.566. The summed E-state index contributed by atoms with van der Waals surface area (Å²) < 4.78 is 10.7. The van der Waals surface area contributed by atoms with E-state index in [-0.39, 0.29) is 24.5 Å². The SMILES string of the molecule is COc1ccc([C@@H](C)N)c(OCC(C)C(N)=O)c1. The lowest BCUT2D eigenvalue weighted by Gasteiger charge is -2.16. The maximum atomic E-state index is 11.0. The highest BCUT2D eigenvalue weighted by molar-refractivity contribution is 5.76. The lowest BCUT2D eigenvalue weighted by atomic mass is 10.1. The summed E-state index contributed by atoms with van der Waals surface area (Å²) in [5.41, 5.74) is 11.9. The first kappa shape index (κ1) is 14.3. The van der Waals surface area contributed by atoms with Gasteiger partial charge in [-0.3, -0.25) is 4.79 Å². The predicted octanol–water partition coefficient (Wildman–Crippen LogP) is 1.22. The first-order valence-corrected chi connectivity index (χ1v) is 5.81. The number of ether oxygens (including phenoxy) is 2. The van der Waals surface area contributed by atoms with Gasteiger partial charge in [0.25, 0.3) is 0 Å². The standard InChI is InChI=1S/C13H20N2O3/c1-8(13(15)16)7-18-12-6-10(17-3)4-5-11(12)9(2)14/h4-6,8-9H,7,14H2,1-3H3,(H2,15,16)/t8?,9-/m1/s1. The fraction of sp³-hybridized carbons (Fsp3) is 0.462. The second kappa shape index (κ2) is 6.26. The average molecular weight is 252 g/mol. The van der Waals surface area contributed by atoms with Crippen LogP contribution in [0.2, 0.25) is 0 Å². The van der Waals surface area contributed by atoms with Gasteiger partial charge in [0.2, 0.25) is 5.91 Å². The van der Waals surface area contributed by atoms with Gasteiger partial charge in [-0.1, -0.05) is 13.0 Å². The minimum absolute atomic E-state index is 0.158. The second-order valence-electron chi connectivity index (χ2n) is 4.31. The van der Waals surface area contributed by atoms with Crippen LogP contribution >= 0.6 is 0 Å². The molecule has 4 N–H and O–H groups in total. The Morgan fingerprint density at radius 2 is 2.06 bits per heavy atom. The molecule has 0 aliphatic heterocycles. The number of hydrogen-bond acceptors (Lipinski definition) is 4. The fourth-order valence-corrected chi connectivity index (χ4v) is 1.44. The Kier molecular flexibility index (Phi) is 4.97. The van der Waals surface area contributed by atoms with Crippen molar-refractivity contribution < 1.29 is 14.3 Å². The van der Waals surface area contributed by atoms with Gasteiger partial charge in [-0.15, -0.1) is 0 Å². The van der Waals surface area contributed by atoms with Crippen molar-refractivity contribution >= 4 is 5.91 Å². The molecule has 1 amide bonds. The molecule has 0 aliphatic rings. The molecule has 18 heavy (non-hydrogen) atoms. The van der Waals surface area contributed by atoms with Crippen molar-refractivity contribution in [1.29, 1.82) is 0 Å². The Morgan fingerprint density at radius 3 is 2.56 bits per heavy atom. The summed E-state index contributed by atoms with van der Waals surface area (Å²) in [6.45, 7) is 3.81. The molecule has 1 unspecified atom stereocenters. The molecule has 1 aromatic carbocycles. The molecular formula is C13H20N2O3. The zero-order chi connectivity index (χ0) is 13.7. The largest absolute Gasteiger partial charge is 0.497 e. The van der Waals surface area contributed by atoms with Crippen LogP contribution in [0.5, 0.6) is 11.5 Å². The van der Waals surface area contributed by atoms with E-state index >= 15 is 0 Å². The van der Waals surface area contributed by atoms with Crippen molar-refractivity contribution in [3.63, 3.8) is 0 Å². The molecule has 0 fully saturated rings. The first-order valence-electron chi connectivity index (χ1n) is 5.81. The van der Waals surface area contributed by atoms with Crippen molar-refractivity contribution in [1.82, 2.24) is 0 Å². The predicted molar refractivity (Wildman–Crippen MR) is 69.4 cm³/mol. The minimum atomic E-state index is -0.389. The van der Waals surface area contributed by atoms with Crippen molar-refractivity contribution in [2.24, 2.45) is 17.4 Å². The van der Waals surface area contributed by atoms with Crippen molar-refractivity contribution in [3.8, 4) is 11.5 Å². The molecule has 100 valence electrons. The fourth-order valence-electron chi connectivity index (χ4n) is 1.44. The van der Waals surface area contributed by atoms with Gasteiger partial charge in [0, 0.05) is 17.7 Å². The number of carbonyl (C=O) groups is 1. The van der Waals surface area contributed by atoms with E-state index in [1.54, 1.807) is 20.1 Å². The van der Waals surface area contributed by atoms with Crippen LogP contribution in [0.25, 0.3) is 0 Å². The van der Waals surface area contributed by atoms with E-state index in [0.29, 0.717) is 11.5 Å². The smallest absolute Gasteiger partial charge is 0.223 e. The highest BCUT2D eigenvalue weighted by atomic mass is 16.5. The highest BCUT2D eigenvalue weighted by Gasteiger charge is 2.13. The van der Waals surface area contributed by atoms with E-state index < -0.39 is 0 Å². The highest BCUT2D eigenvalue weighted by Crippen LogP contribution is 2.28. The maximum Gasteiger partial charge on any atom is 0.223 e. The van der Waals surface area contributed by atoms with E-state index in [0.717, 1.165) is 5.56 Å². The van der Waals surface area contributed by atoms with Crippen LogP contribution in [0.3, 0.4) is 0 Å². The Bertz CT molecular complexity index is 419. The molecule has 0 saturated carbocycles. The van der Waals surface area contributed by atoms with E-state index in [1.807, 2.05) is 19.1 Å². The molecule has 0 aromatic heterocycles. The van der Waals surface area contributed by atoms with E-state index in [4.69, 9.17) is 20.9 Å². The summed E-state index contributed by atoms with van der Waals surface area (Å²) in [6, 6.07) is 5.28. The van der Waals surface area contributed by atoms with Gasteiger partial charge in [0.15, 0.2) is 0 Å². The van der Waals surface area contributed by atoms with E-state index in [9.17, 15) is 4.79 Å². The molecule has 0 radical (unpaired) electrons. The van der Waals surface area contributed by atoms with E-state index in [1.165, 1.54) is 0 Å². The van der Waals surface area contributed by atoms with E-state index in [2.05, 4.69) is 0 Å². The molecule has 0 heterocycles. The number of nitrogens with two attached hydrogens (primary N) is 2. The summed E-state index contributed by atoms with van der Waals surface area (Å²) >= 11 is 0. The van der Waals surface area contributed by atoms with Crippen LogP contribution in [0.15, 0.2) is 18.2 Å². The first-order chi connectivity index (χ1) is 8.45. The maximum absolute atomic E-state index is 11.0. The van der Waals surface area contributed by atoms with Gasteiger partial charge in [-0.25, -0.2) is 0 Å². The summed E-state index contributed by atoms with van der Waals surface area (Å²) in [5, 5.41) is 0. The molecule has 1 aromatic rings. The lowest BCUT2D eigenvalue weighted by molar-refractivity contribution is -0.122. The number of benzene rings is 1. The van der Waals surface area contributed by atoms with Crippen molar-refractivity contribution in [2.75, 3.05) is 13.7 Å². The van der Waals surface area contributed by atoms with Gasteiger partial charge in [-0.2, -0.15) is 0 Å². The third-order valence-corrected chi connectivity index (χ3v) is 2.69. The van der Waals surface area contributed by atoms with Crippen molar-refractivity contribution in [2.45, 2.75) is 19.9 Å². The number of methoxy groups -OCH3 is 1. The van der Waals surface area contributed by atoms with Crippen LogP contribution in [0, 0.1) is 5.92 Å². The van der Waals surface area contributed by atoms with Gasteiger partial charge < -0.3 is 20.9 Å². The molecular weight excluding hydrogens is 232 g/mol. The topological polar surface area (TPSA) is 87.6 Å². The number of carbonyl (C=O) groups excluding carboxylic acids is 1. The Morgan fingerprint density at radius 1 is 1.39 bits per heavy atom. The van der Waals surface area contributed by atoms with Gasteiger partial charge >= 0.3 is 0 Å². The monoisotopic (exact) mass is 252 g/mol. The number of amides is 1. The molecule has 0 saturated heterocycles. The van der Waals surface area contributed by atoms with Gasteiger partial charge in [-0.05, 0) is 13.0 Å². The van der Waals surface area contributed by atoms with Gasteiger partial charge in [0.1, 0.15) is 11.5 Å². The Balaban J connectivity index is 2.87. The molecule has 0 aliphatic carbocycles. The molecule has 0 bridgehead atoms.